The zero-order valence-corrected chi connectivity index (χ0v) is 23.0. The molecule has 0 saturated heterocycles. The van der Waals surface area contributed by atoms with Gasteiger partial charge in [0.2, 0.25) is 5.91 Å². The second kappa shape index (κ2) is 17.5. The van der Waals surface area contributed by atoms with Gasteiger partial charge in [-0.25, -0.2) is 13.6 Å². The van der Waals surface area contributed by atoms with Crippen molar-refractivity contribution >= 4 is 12.0 Å². The van der Waals surface area contributed by atoms with E-state index in [2.05, 4.69) is 33.7 Å². The molecule has 0 spiro atoms. The van der Waals surface area contributed by atoms with Gasteiger partial charge in [0.1, 0.15) is 17.7 Å². The highest BCUT2D eigenvalue weighted by molar-refractivity contribution is 5.85. The summed E-state index contributed by atoms with van der Waals surface area (Å²) in [7, 11) is 1.19. The van der Waals surface area contributed by atoms with Gasteiger partial charge in [0.15, 0.2) is 0 Å². The molecule has 216 valence electrons. The van der Waals surface area contributed by atoms with Crippen LogP contribution in [0.4, 0.5) is 13.6 Å². The Labute approximate surface area is 229 Å². The number of carbonyl (C=O) groups is 2. The number of halogens is 2. The second-order valence-electron chi connectivity index (χ2n) is 9.41. The molecule has 2 amide bonds. The number of amides is 2. The largest absolute Gasteiger partial charge is 0.453 e. The number of benzene rings is 2. The highest BCUT2D eigenvalue weighted by Gasteiger charge is 2.27. The Kier molecular flexibility index (Phi) is 14.4. The van der Waals surface area contributed by atoms with E-state index in [1.807, 2.05) is 25.1 Å². The third-order valence-corrected chi connectivity index (χ3v) is 6.24. The topological polar surface area (TPSA) is 109 Å². The fourth-order valence-electron chi connectivity index (χ4n) is 4.04. The summed E-state index contributed by atoms with van der Waals surface area (Å²) in [4.78, 5) is 25.1. The zero-order valence-electron chi connectivity index (χ0n) is 23.0. The van der Waals surface area contributed by atoms with Gasteiger partial charge in [0, 0.05) is 38.8 Å². The third-order valence-electron chi connectivity index (χ3n) is 6.24. The molecule has 0 aliphatic heterocycles. The molecule has 0 aromatic heterocycles. The van der Waals surface area contributed by atoms with Gasteiger partial charge < -0.3 is 30.5 Å². The van der Waals surface area contributed by atoms with Crippen LogP contribution in [-0.4, -0.2) is 62.2 Å². The zero-order chi connectivity index (χ0) is 28.6. The van der Waals surface area contributed by atoms with Crippen molar-refractivity contribution < 1.29 is 33.0 Å². The number of aryl methyl sites for hydroxylation is 1. The SMILES string of the molecule is CCCCOCC[C@@H](NC(=O)OC)C(=O)N[C@@H](Cc1cc(F)cc(F)c1)[C@H](O)CNCc1cccc(CC)c1. The first-order chi connectivity index (χ1) is 18.7. The van der Waals surface area contributed by atoms with Crippen LogP contribution in [0.5, 0.6) is 0 Å². The van der Waals surface area contributed by atoms with Crippen molar-refractivity contribution in [1.29, 1.82) is 0 Å². The van der Waals surface area contributed by atoms with Crippen LogP contribution in [0.1, 0.15) is 49.8 Å². The average Bonchev–Trinajstić information content (AvgIpc) is 2.91. The van der Waals surface area contributed by atoms with E-state index < -0.39 is 41.8 Å². The summed E-state index contributed by atoms with van der Waals surface area (Å²) in [6.45, 7) is 5.45. The monoisotopic (exact) mass is 549 g/mol. The summed E-state index contributed by atoms with van der Waals surface area (Å²) < 4.78 is 37.9. The quantitative estimate of drug-likeness (QED) is 0.225. The predicted octanol–water partition coefficient (Wildman–Crippen LogP) is 3.64. The Morgan fingerprint density at radius 2 is 1.69 bits per heavy atom. The normalized spacial score (nSPS) is 13.4. The Balaban J connectivity index is 2.12. The molecule has 2 aromatic rings. The lowest BCUT2D eigenvalue weighted by Crippen LogP contribution is -2.55. The van der Waals surface area contributed by atoms with Crippen molar-refractivity contribution in [2.75, 3.05) is 26.9 Å². The smallest absolute Gasteiger partial charge is 0.407 e. The first-order valence-corrected chi connectivity index (χ1v) is 13.4. The third kappa shape index (κ3) is 12.1. The molecule has 0 radical (unpaired) electrons. The van der Waals surface area contributed by atoms with E-state index in [9.17, 15) is 23.5 Å². The van der Waals surface area contributed by atoms with Crippen molar-refractivity contribution in [3.05, 3.63) is 70.8 Å². The molecule has 0 aliphatic rings. The van der Waals surface area contributed by atoms with Gasteiger partial charge in [-0.15, -0.1) is 0 Å². The number of aliphatic hydroxyl groups is 1. The van der Waals surface area contributed by atoms with E-state index in [0.717, 1.165) is 43.0 Å². The number of hydrogen-bond acceptors (Lipinski definition) is 6. The Morgan fingerprint density at radius 1 is 0.974 bits per heavy atom. The minimum absolute atomic E-state index is 0.0352. The van der Waals surface area contributed by atoms with Gasteiger partial charge >= 0.3 is 6.09 Å². The van der Waals surface area contributed by atoms with E-state index in [1.165, 1.54) is 12.7 Å². The minimum atomic E-state index is -1.10. The lowest BCUT2D eigenvalue weighted by atomic mass is 9.99. The van der Waals surface area contributed by atoms with Crippen LogP contribution >= 0.6 is 0 Å². The van der Waals surface area contributed by atoms with Crippen molar-refractivity contribution in [2.24, 2.45) is 0 Å². The fraction of sp³-hybridized carbons (Fsp3) is 0.517. The summed E-state index contributed by atoms with van der Waals surface area (Å²) in [6.07, 6.45) is 0.982. The average molecular weight is 550 g/mol. The molecule has 4 N–H and O–H groups in total. The predicted molar refractivity (Wildman–Crippen MR) is 145 cm³/mol. The van der Waals surface area contributed by atoms with Crippen LogP contribution in [0, 0.1) is 11.6 Å². The molecule has 2 aromatic carbocycles. The maximum Gasteiger partial charge on any atom is 0.407 e. The van der Waals surface area contributed by atoms with Gasteiger partial charge in [0.05, 0.1) is 19.3 Å². The number of unbranched alkanes of at least 4 members (excludes halogenated alkanes) is 1. The van der Waals surface area contributed by atoms with E-state index in [-0.39, 0.29) is 31.6 Å². The molecule has 0 unspecified atom stereocenters. The van der Waals surface area contributed by atoms with Crippen LogP contribution in [0.25, 0.3) is 0 Å². The number of alkyl carbamates (subject to hydrolysis) is 1. The Morgan fingerprint density at radius 3 is 2.36 bits per heavy atom. The number of aliphatic hydroxyl groups excluding tert-OH is 1. The van der Waals surface area contributed by atoms with Crippen molar-refractivity contribution in [1.82, 2.24) is 16.0 Å². The molecule has 39 heavy (non-hydrogen) atoms. The van der Waals surface area contributed by atoms with Crippen LogP contribution in [0.3, 0.4) is 0 Å². The van der Waals surface area contributed by atoms with Crippen molar-refractivity contribution in [3.8, 4) is 0 Å². The number of carbonyl (C=O) groups excluding carboxylic acids is 2. The Hall–Kier alpha value is -3.08. The first kappa shape index (κ1) is 32.1. The standard InChI is InChI=1S/C29H41F2N3O5/c1-4-6-11-39-12-10-25(34-29(37)38-3)28(36)33-26(16-22-14-23(30)17-24(31)15-22)27(35)19-32-18-21-9-7-8-20(5-2)13-21/h7-9,13-15,17,25-27,32,35H,4-6,10-12,16,18-19H2,1-3H3,(H,33,36)(H,34,37)/t25-,26+,27-/m1/s1. The van der Waals surface area contributed by atoms with Crippen LogP contribution < -0.4 is 16.0 Å². The van der Waals surface area contributed by atoms with E-state index in [0.29, 0.717) is 13.2 Å². The highest BCUT2D eigenvalue weighted by Crippen LogP contribution is 2.13. The Bertz CT molecular complexity index is 1020. The summed E-state index contributed by atoms with van der Waals surface area (Å²) >= 11 is 0. The molecule has 0 saturated carbocycles. The summed E-state index contributed by atoms with van der Waals surface area (Å²) in [5.74, 6) is -2.09. The number of hydrogen-bond donors (Lipinski definition) is 4. The van der Waals surface area contributed by atoms with E-state index in [4.69, 9.17) is 4.74 Å². The number of rotatable bonds is 17. The summed E-state index contributed by atoms with van der Waals surface area (Å²) in [5.41, 5.74) is 2.50. The molecular weight excluding hydrogens is 508 g/mol. The highest BCUT2D eigenvalue weighted by atomic mass is 19.1. The molecule has 8 nitrogen and oxygen atoms in total. The van der Waals surface area contributed by atoms with Crippen molar-refractivity contribution in [3.63, 3.8) is 0 Å². The number of nitrogens with one attached hydrogen (secondary N) is 3. The second-order valence-corrected chi connectivity index (χ2v) is 9.41. The molecule has 10 heteroatoms. The fourth-order valence-corrected chi connectivity index (χ4v) is 4.04. The van der Waals surface area contributed by atoms with E-state index in [1.54, 1.807) is 0 Å². The molecule has 2 rings (SSSR count). The van der Waals surface area contributed by atoms with Gasteiger partial charge in [0.25, 0.3) is 0 Å². The van der Waals surface area contributed by atoms with Crippen molar-refractivity contribution in [2.45, 2.75) is 70.7 Å². The van der Waals surface area contributed by atoms with Gasteiger partial charge in [-0.3, -0.25) is 4.79 Å². The lowest BCUT2D eigenvalue weighted by molar-refractivity contribution is -0.125. The molecule has 0 aliphatic carbocycles. The molecule has 0 heterocycles. The van der Waals surface area contributed by atoms with Crippen LogP contribution in [0.2, 0.25) is 0 Å². The molecule has 0 fully saturated rings. The maximum atomic E-state index is 13.9. The van der Waals surface area contributed by atoms with Crippen LogP contribution in [-0.2, 0) is 33.7 Å². The lowest BCUT2D eigenvalue weighted by Gasteiger charge is -2.27. The minimum Gasteiger partial charge on any atom is -0.453 e. The van der Waals surface area contributed by atoms with Gasteiger partial charge in [-0.05, 0) is 48.1 Å². The number of ether oxygens (including phenoxy) is 2. The summed E-state index contributed by atoms with van der Waals surface area (Å²) in [5, 5.41) is 19.4. The molecule has 3 atom stereocenters. The van der Waals surface area contributed by atoms with Gasteiger partial charge in [-0.1, -0.05) is 44.5 Å². The van der Waals surface area contributed by atoms with E-state index >= 15 is 0 Å². The van der Waals surface area contributed by atoms with Gasteiger partial charge in [-0.2, -0.15) is 0 Å². The first-order valence-electron chi connectivity index (χ1n) is 13.4. The maximum absolute atomic E-state index is 13.9. The molecular formula is C29H41F2N3O5. The van der Waals surface area contributed by atoms with Crippen LogP contribution in [0.15, 0.2) is 42.5 Å². The molecule has 0 bridgehead atoms. The number of methoxy groups -OCH3 is 1. The summed E-state index contributed by atoms with van der Waals surface area (Å²) in [6, 6.07) is 9.21.